The van der Waals surface area contributed by atoms with Crippen LogP contribution >= 0.6 is 34.8 Å². The minimum absolute atomic E-state index is 0.0878. The Morgan fingerprint density at radius 2 is 1.53 bits per heavy atom. The minimum Gasteiger partial charge on any atom is -0.206 e. The molecular formula is C8H7Cl3N2O2. The Hall–Kier alpha value is -0.670. The summed E-state index contributed by atoms with van der Waals surface area (Å²) in [4.78, 5) is 23.8. The van der Waals surface area contributed by atoms with Crippen molar-refractivity contribution in [1.82, 2.24) is 9.97 Å². The van der Waals surface area contributed by atoms with Crippen molar-refractivity contribution >= 4 is 41.0 Å². The molecule has 0 bridgehead atoms. The van der Waals surface area contributed by atoms with Gasteiger partial charge in [0.05, 0.1) is 0 Å². The molecule has 1 rings (SSSR count). The highest BCUT2D eigenvalue weighted by atomic mass is 35.5. The normalized spacial score (nSPS) is 8.80. The summed E-state index contributed by atoms with van der Waals surface area (Å²) in [6, 6.07) is 0. The summed E-state index contributed by atoms with van der Waals surface area (Å²) in [5, 5.41) is 0.786. The van der Waals surface area contributed by atoms with Crippen LogP contribution in [0.5, 0.6) is 0 Å². The van der Waals surface area contributed by atoms with Crippen molar-refractivity contribution in [2.75, 3.05) is 0 Å². The van der Waals surface area contributed by atoms with E-state index in [1.807, 2.05) is 6.92 Å². The average Bonchev–Trinajstić information content (AvgIpc) is 2.12. The lowest BCUT2D eigenvalue weighted by Gasteiger charge is -2.03. The Kier molecular flexibility index (Phi) is 7.26. The zero-order valence-corrected chi connectivity index (χ0v) is 10.0. The fourth-order valence-corrected chi connectivity index (χ4v) is 1.70. The van der Waals surface area contributed by atoms with Crippen molar-refractivity contribution in [3.8, 4) is 0 Å². The van der Waals surface area contributed by atoms with Gasteiger partial charge >= 0.3 is 6.15 Å². The van der Waals surface area contributed by atoms with Gasteiger partial charge in [-0.25, -0.2) is 9.97 Å². The quantitative estimate of drug-likeness (QED) is 0.612. The maximum atomic E-state index is 8.12. The van der Waals surface area contributed by atoms with E-state index in [1.165, 1.54) is 0 Å². The lowest BCUT2D eigenvalue weighted by Crippen LogP contribution is -1.94. The van der Waals surface area contributed by atoms with Crippen LogP contribution in [0.3, 0.4) is 0 Å². The van der Waals surface area contributed by atoms with E-state index in [0.717, 1.165) is 18.4 Å². The third kappa shape index (κ3) is 5.09. The summed E-state index contributed by atoms with van der Waals surface area (Å²) < 4.78 is 0. The summed E-state index contributed by atoms with van der Waals surface area (Å²) in [7, 11) is 0. The summed E-state index contributed by atoms with van der Waals surface area (Å²) in [5.41, 5.74) is 0.769. The molecule has 0 saturated heterocycles. The number of carbonyl (C=O) groups excluding carboxylic acids is 2. The summed E-state index contributed by atoms with van der Waals surface area (Å²) in [5.74, 6) is 0. The second-order valence-electron chi connectivity index (χ2n) is 2.39. The van der Waals surface area contributed by atoms with Gasteiger partial charge in [-0.1, -0.05) is 36.5 Å². The van der Waals surface area contributed by atoms with E-state index in [1.54, 1.807) is 0 Å². The van der Waals surface area contributed by atoms with Crippen LogP contribution in [0.2, 0.25) is 15.6 Å². The number of hydrogen-bond acceptors (Lipinski definition) is 4. The molecule has 0 radical (unpaired) electrons. The molecule has 0 saturated carbocycles. The van der Waals surface area contributed by atoms with Crippen LogP contribution in [0.4, 0.5) is 0 Å². The van der Waals surface area contributed by atoms with Crippen molar-refractivity contribution in [3.63, 3.8) is 0 Å². The Bertz CT molecular complexity index is 342. The first-order valence-electron chi connectivity index (χ1n) is 3.93. The molecule has 82 valence electrons. The fourth-order valence-electron chi connectivity index (χ4n) is 0.863. The fraction of sp³-hybridized carbons (Fsp3) is 0.375. The van der Waals surface area contributed by atoms with Crippen LogP contribution in [0.15, 0.2) is 0 Å². The minimum atomic E-state index is 0.0878. The molecule has 7 heteroatoms. The molecule has 0 aliphatic heterocycles. The molecule has 0 aliphatic carbocycles. The summed E-state index contributed by atoms with van der Waals surface area (Å²) >= 11 is 17.1. The van der Waals surface area contributed by atoms with Crippen LogP contribution in [0.1, 0.15) is 18.9 Å². The SMILES string of the molecule is CCCc1c(Cl)nc(Cl)nc1Cl.O=C=O. The van der Waals surface area contributed by atoms with Crippen LogP contribution < -0.4 is 0 Å². The van der Waals surface area contributed by atoms with Crippen molar-refractivity contribution in [3.05, 3.63) is 21.2 Å². The standard InChI is InChI=1S/C7H7Cl3N2.CO2/c1-2-3-4-5(8)11-7(10)12-6(4)9;2-1-3/h2-3H2,1H3;. The van der Waals surface area contributed by atoms with Gasteiger partial charge in [-0.15, -0.1) is 0 Å². The second-order valence-corrected chi connectivity index (χ2v) is 3.44. The second kappa shape index (κ2) is 7.60. The van der Waals surface area contributed by atoms with E-state index in [2.05, 4.69) is 9.97 Å². The Morgan fingerprint density at radius 3 is 1.87 bits per heavy atom. The molecule has 0 N–H and O–H groups in total. The number of aromatic nitrogens is 2. The molecule has 0 aliphatic rings. The molecule has 4 nitrogen and oxygen atoms in total. The van der Waals surface area contributed by atoms with Crippen molar-refractivity contribution in [1.29, 1.82) is 0 Å². The third-order valence-corrected chi connectivity index (χ3v) is 2.17. The summed E-state index contributed by atoms with van der Waals surface area (Å²) in [6.07, 6.45) is 1.97. The number of rotatable bonds is 2. The van der Waals surface area contributed by atoms with Gasteiger partial charge in [0.15, 0.2) is 0 Å². The van der Waals surface area contributed by atoms with Gasteiger partial charge in [0, 0.05) is 5.56 Å². The maximum absolute atomic E-state index is 8.12. The van der Waals surface area contributed by atoms with E-state index in [0.29, 0.717) is 10.3 Å². The number of nitrogens with zero attached hydrogens (tertiary/aromatic N) is 2. The van der Waals surface area contributed by atoms with E-state index in [4.69, 9.17) is 44.4 Å². The molecule has 1 aromatic rings. The number of halogens is 3. The van der Waals surface area contributed by atoms with Crippen molar-refractivity contribution in [2.24, 2.45) is 0 Å². The van der Waals surface area contributed by atoms with Gasteiger partial charge in [0.2, 0.25) is 5.28 Å². The molecule has 1 heterocycles. The molecule has 0 fully saturated rings. The monoisotopic (exact) mass is 268 g/mol. The van der Waals surface area contributed by atoms with Gasteiger partial charge in [-0.3, -0.25) is 0 Å². The van der Waals surface area contributed by atoms with Crippen molar-refractivity contribution in [2.45, 2.75) is 19.8 Å². The number of hydrogen-bond donors (Lipinski definition) is 0. The smallest absolute Gasteiger partial charge is 0.206 e. The topological polar surface area (TPSA) is 59.9 Å². The molecule has 0 amide bonds. The van der Waals surface area contributed by atoms with Crippen molar-refractivity contribution < 1.29 is 9.59 Å². The predicted molar refractivity (Wildman–Crippen MR) is 56.1 cm³/mol. The molecule has 15 heavy (non-hydrogen) atoms. The Labute approximate surface area is 102 Å². The van der Waals surface area contributed by atoms with Crippen LogP contribution in [0, 0.1) is 0 Å². The van der Waals surface area contributed by atoms with E-state index >= 15 is 0 Å². The zero-order chi connectivity index (χ0) is 11.8. The highest BCUT2D eigenvalue weighted by molar-refractivity contribution is 6.36. The molecular weight excluding hydrogens is 262 g/mol. The lowest BCUT2D eigenvalue weighted by molar-refractivity contribution is -0.191. The average molecular weight is 270 g/mol. The molecule has 0 unspecified atom stereocenters. The third-order valence-electron chi connectivity index (χ3n) is 1.38. The van der Waals surface area contributed by atoms with E-state index in [9.17, 15) is 0 Å². The Morgan fingerprint density at radius 1 is 1.13 bits per heavy atom. The first-order valence-corrected chi connectivity index (χ1v) is 5.06. The highest BCUT2D eigenvalue weighted by Crippen LogP contribution is 2.23. The van der Waals surface area contributed by atoms with Crippen LogP contribution in [0.25, 0.3) is 0 Å². The summed E-state index contributed by atoms with van der Waals surface area (Å²) in [6.45, 7) is 2.03. The van der Waals surface area contributed by atoms with Crippen LogP contribution in [-0.4, -0.2) is 16.1 Å². The van der Waals surface area contributed by atoms with E-state index < -0.39 is 0 Å². The first-order chi connectivity index (χ1) is 7.06. The van der Waals surface area contributed by atoms with Gasteiger partial charge in [0.25, 0.3) is 0 Å². The van der Waals surface area contributed by atoms with Gasteiger partial charge in [-0.2, -0.15) is 9.59 Å². The highest BCUT2D eigenvalue weighted by Gasteiger charge is 2.08. The van der Waals surface area contributed by atoms with E-state index in [-0.39, 0.29) is 11.4 Å². The molecule has 0 aromatic carbocycles. The van der Waals surface area contributed by atoms with Crippen LogP contribution in [-0.2, 0) is 16.0 Å². The van der Waals surface area contributed by atoms with Gasteiger partial charge < -0.3 is 0 Å². The maximum Gasteiger partial charge on any atom is 0.373 e. The van der Waals surface area contributed by atoms with Gasteiger partial charge in [-0.05, 0) is 18.0 Å². The molecule has 0 atom stereocenters. The Balaban J connectivity index is 0.000000583. The largest absolute Gasteiger partial charge is 0.373 e. The predicted octanol–water partition coefficient (Wildman–Crippen LogP) is 2.81. The zero-order valence-electron chi connectivity index (χ0n) is 7.76. The molecule has 0 spiro atoms. The van der Waals surface area contributed by atoms with Gasteiger partial charge in [0.1, 0.15) is 10.3 Å². The molecule has 1 aromatic heterocycles. The first kappa shape index (κ1) is 14.3. The lowest BCUT2D eigenvalue weighted by atomic mass is 10.2.